The Kier molecular flexibility index (Phi) is 5.02. The van der Waals surface area contributed by atoms with E-state index in [-0.39, 0.29) is 0 Å². The van der Waals surface area contributed by atoms with E-state index in [0.717, 1.165) is 16.4 Å². The largest absolute Gasteiger partial charge is 0.381 e. The highest BCUT2D eigenvalue weighted by atomic mass is 32.2. The Morgan fingerprint density at radius 2 is 1.62 bits per heavy atom. The maximum absolute atomic E-state index is 5.44. The van der Waals surface area contributed by atoms with Crippen LogP contribution in [-0.4, -0.2) is 23.7 Å². The number of hydrogen-bond donors (Lipinski definition) is 0. The monoisotopic (exact) mass is 242 g/mol. The van der Waals surface area contributed by atoms with Gasteiger partial charge in [0.1, 0.15) is 0 Å². The predicted molar refractivity (Wildman–Crippen MR) is 72.1 cm³/mol. The Balaban J connectivity index is 1.73. The lowest BCUT2D eigenvalue weighted by atomic mass is 9.90. The van der Waals surface area contributed by atoms with Gasteiger partial charge in [-0.2, -0.15) is 11.8 Å². The third-order valence-corrected chi connectivity index (χ3v) is 6.26. The highest BCUT2D eigenvalue weighted by Gasteiger charge is 2.27. The zero-order chi connectivity index (χ0) is 11.4. The van der Waals surface area contributed by atoms with Crippen LogP contribution in [0.25, 0.3) is 0 Å². The van der Waals surface area contributed by atoms with Crippen molar-refractivity contribution in [2.45, 2.75) is 74.9 Å². The van der Waals surface area contributed by atoms with E-state index in [0.29, 0.717) is 6.10 Å². The lowest BCUT2D eigenvalue weighted by Crippen LogP contribution is -2.26. The molecule has 2 heteroatoms. The molecule has 2 aliphatic carbocycles. The van der Waals surface area contributed by atoms with E-state index in [9.17, 15) is 0 Å². The van der Waals surface area contributed by atoms with Crippen molar-refractivity contribution in [1.29, 1.82) is 0 Å². The van der Waals surface area contributed by atoms with Crippen LogP contribution in [-0.2, 0) is 4.74 Å². The first-order valence-electron chi connectivity index (χ1n) is 6.98. The minimum absolute atomic E-state index is 0.556. The lowest BCUT2D eigenvalue weighted by molar-refractivity contribution is 0.0722. The fourth-order valence-corrected chi connectivity index (χ4v) is 4.88. The maximum Gasteiger partial charge on any atom is 0.0572 e. The SMILES string of the molecule is COC1CCC(SC2CCCCC2C)CC1. The summed E-state index contributed by atoms with van der Waals surface area (Å²) in [5.41, 5.74) is 0. The van der Waals surface area contributed by atoms with Crippen molar-refractivity contribution in [3.8, 4) is 0 Å². The summed E-state index contributed by atoms with van der Waals surface area (Å²) in [6, 6.07) is 0. The predicted octanol–water partition coefficient (Wildman–Crippen LogP) is 4.26. The van der Waals surface area contributed by atoms with Crippen molar-refractivity contribution in [2.24, 2.45) is 5.92 Å². The summed E-state index contributed by atoms with van der Waals surface area (Å²) in [6.45, 7) is 2.46. The first kappa shape index (κ1) is 12.8. The first-order valence-corrected chi connectivity index (χ1v) is 7.92. The van der Waals surface area contributed by atoms with Gasteiger partial charge in [0.05, 0.1) is 6.10 Å². The molecule has 1 nitrogen and oxygen atoms in total. The van der Waals surface area contributed by atoms with Crippen molar-refractivity contribution >= 4 is 11.8 Å². The van der Waals surface area contributed by atoms with Gasteiger partial charge in [0.15, 0.2) is 0 Å². The topological polar surface area (TPSA) is 9.23 Å². The van der Waals surface area contributed by atoms with E-state index in [2.05, 4.69) is 18.7 Å². The molecule has 0 radical (unpaired) electrons. The van der Waals surface area contributed by atoms with E-state index in [4.69, 9.17) is 4.74 Å². The molecule has 2 aliphatic rings. The minimum Gasteiger partial charge on any atom is -0.381 e. The standard InChI is InChI=1S/C14H26OS/c1-11-5-3-4-6-14(11)16-13-9-7-12(15-2)8-10-13/h11-14H,3-10H2,1-2H3. The van der Waals surface area contributed by atoms with Gasteiger partial charge in [0, 0.05) is 17.6 Å². The molecule has 0 aromatic rings. The highest BCUT2D eigenvalue weighted by Crippen LogP contribution is 2.39. The van der Waals surface area contributed by atoms with Crippen LogP contribution in [0, 0.1) is 5.92 Å². The van der Waals surface area contributed by atoms with Crippen LogP contribution in [0.4, 0.5) is 0 Å². The third-order valence-electron chi connectivity index (χ3n) is 4.35. The summed E-state index contributed by atoms with van der Waals surface area (Å²) >= 11 is 2.31. The van der Waals surface area contributed by atoms with Crippen LogP contribution < -0.4 is 0 Å². The third kappa shape index (κ3) is 3.40. The average molecular weight is 242 g/mol. The zero-order valence-electron chi connectivity index (χ0n) is 10.8. The van der Waals surface area contributed by atoms with E-state index < -0.39 is 0 Å². The second kappa shape index (κ2) is 6.30. The van der Waals surface area contributed by atoms with Gasteiger partial charge in [0.25, 0.3) is 0 Å². The molecule has 0 amide bonds. The molecular formula is C14H26OS. The summed E-state index contributed by atoms with van der Waals surface area (Å²) in [6.07, 6.45) is 11.8. The summed E-state index contributed by atoms with van der Waals surface area (Å²) in [5, 5.41) is 1.88. The fraction of sp³-hybridized carbons (Fsp3) is 1.00. The van der Waals surface area contributed by atoms with Crippen LogP contribution in [0.3, 0.4) is 0 Å². The second-order valence-corrected chi connectivity index (χ2v) is 7.12. The van der Waals surface area contributed by atoms with E-state index in [1.54, 1.807) is 0 Å². The molecule has 94 valence electrons. The lowest BCUT2D eigenvalue weighted by Gasteiger charge is -2.34. The number of thioether (sulfide) groups is 1. The van der Waals surface area contributed by atoms with Crippen LogP contribution in [0.2, 0.25) is 0 Å². The molecule has 2 unspecified atom stereocenters. The second-order valence-electron chi connectivity index (χ2n) is 5.57. The van der Waals surface area contributed by atoms with E-state index in [1.165, 1.54) is 51.4 Å². The van der Waals surface area contributed by atoms with Crippen LogP contribution in [0.15, 0.2) is 0 Å². The van der Waals surface area contributed by atoms with Gasteiger partial charge in [-0.05, 0) is 44.4 Å². The molecule has 16 heavy (non-hydrogen) atoms. The Labute approximate surface area is 105 Å². The molecule has 0 saturated heterocycles. The molecule has 0 spiro atoms. The Morgan fingerprint density at radius 3 is 2.25 bits per heavy atom. The van der Waals surface area contributed by atoms with Crippen molar-refractivity contribution in [1.82, 2.24) is 0 Å². The first-order chi connectivity index (χ1) is 7.79. The van der Waals surface area contributed by atoms with Gasteiger partial charge in [-0.15, -0.1) is 0 Å². The molecule has 0 heterocycles. The van der Waals surface area contributed by atoms with Crippen molar-refractivity contribution in [2.75, 3.05) is 7.11 Å². The molecular weight excluding hydrogens is 216 g/mol. The minimum atomic E-state index is 0.556. The maximum atomic E-state index is 5.44. The highest BCUT2D eigenvalue weighted by molar-refractivity contribution is 8.00. The molecule has 0 bridgehead atoms. The Morgan fingerprint density at radius 1 is 0.938 bits per heavy atom. The van der Waals surface area contributed by atoms with Gasteiger partial charge < -0.3 is 4.74 Å². The smallest absolute Gasteiger partial charge is 0.0572 e. The molecule has 2 atom stereocenters. The molecule has 0 aromatic carbocycles. The quantitative estimate of drug-likeness (QED) is 0.731. The Bertz CT molecular complexity index is 199. The molecule has 0 aliphatic heterocycles. The van der Waals surface area contributed by atoms with Gasteiger partial charge in [-0.3, -0.25) is 0 Å². The fourth-order valence-electron chi connectivity index (χ4n) is 3.14. The summed E-state index contributed by atoms with van der Waals surface area (Å²) < 4.78 is 5.44. The molecule has 2 rings (SSSR count). The van der Waals surface area contributed by atoms with Gasteiger partial charge in [0.2, 0.25) is 0 Å². The Hall–Kier alpha value is 0.310. The van der Waals surface area contributed by atoms with E-state index in [1.807, 2.05) is 7.11 Å². The average Bonchev–Trinajstić information content (AvgIpc) is 2.33. The number of ether oxygens (including phenoxy) is 1. The van der Waals surface area contributed by atoms with Gasteiger partial charge in [-0.1, -0.05) is 19.8 Å². The van der Waals surface area contributed by atoms with Crippen LogP contribution in [0.1, 0.15) is 58.3 Å². The molecule has 0 N–H and O–H groups in total. The summed E-state index contributed by atoms with van der Waals surface area (Å²) in [7, 11) is 1.86. The van der Waals surface area contributed by atoms with Crippen LogP contribution in [0.5, 0.6) is 0 Å². The van der Waals surface area contributed by atoms with Gasteiger partial charge >= 0.3 is 0 Å². The normalized spacial score (nSPS) is 40.9. The number of hydrogen-bond acceptors (Lipinski definition) is 2. The summed E-state index contributed by atoms with van der Waals surface area (Å²) in [4.78, 5) is 0. The van der Waals surface area contributed by atoms with E-state index >= 15 is 0 Å². The molecule has 2 saturated carbocycles. The van der Waals surface area contributed by atoms with Crippen molar-refractivity contribution in [3.63, 3.8) is 0 Å². The molecule has 0 aromatic heterocycles. The van der Waals surface area contributed by atoms with Crippen molar-refractivity contribution in [3.05, 3.63) is 0 Å². The van der Waals surface area contributed by atoms with Gasteiger partial charge in [-0.25, -0.2) is 0 Å². The molecule has 2 fully saturated rings. The number of methoxy groups -OCH3 is 1. The van der Waals surface area contributed by atoms with Crippen molar-refractivity contribution < 1.29 is 4.74 Å². The summed E-state index contributed by atoms with van der Waals surface area (Å²) in [5.74, 6) is 0.957. The number of rotatable bonds is 3. The van der Waals surface area contributed by atoms with Crippen LogP contribution >= 0.6 is 11.8 Å². The zero-order valence-corrected chi connectivity index (χ0v) is 11.6.